The second-order valence-corrected chi connectivity index (χ2v) is 6.08. The van der Waals surface area contributed by atoms with Crippen LogP contribution in [0.3, 0.4) is 0 Å². The number of hydrogen-bond acceptors (Lipinski definition) is 8. The minimum atomic E-state index is -1.29. The van der Waals surface area contributed by atoms with Gasteiger partial charge in [-0.1, -0.05) is 6.92 Å². The first kappa shape index (κ1) is 19.2. The van der Waals surface area contributed by atoms with Gasteiger partial charge in [-0.25, -0.2) is 9.78 Å². The molecule has 0 saturated heterocycles. The lowest BCUT2D eigenvalue weighted by Crippen LogP contribution is -1.98. The van der Waals surface area contributed by atoms with Crippen LogP contribution in [0.1, 0.15) is 24.7 Å². The molecule has 0 saturated carbocycles. The quantitative estimate of drug-likeness (QED) is 0.271. The average molecular weight is 380 g/mol. The zero-order chi connectivity index (χ0) is 19.3. The number of thioether (sulfide) groups is 1. The minimum Gasteiger partial charge on any atom is -0.504 e. The maximum atomic E-state index is 11.5. The van der Waals surface area contributed by atoms with Crippen molar-refractivity contribution in [3.63, 3.8) is 0 Å². The van der Waals surface area contributed by atoms with Crippen molar-refractivity contribution in [3.05, 3.63) is 38.5 Å². The second kappa shape index (κ2) is 8.34. The molecule has 2 aromatic rings. The van der Waals surface area contributed by atoms with Crippen LogP contribution >= 0.6 is 11.8 Å². The summed E-state index contributed by atoms with van der Waals surface area (Å²) >= 11 is 0.761. The van der Waals surface area contributed by atoms with E-state index in [-0.39, 0.29) is 27.1 Å². The highest BCUT2D eigenvalue weighted by atomic mass is 32.2. The largest absolute Gasteiger partial charge is 0.504 e. The fraction of sp³-hybridized carbons (Fsp3) is 0.267. The maximum absolute atomic E-state index is 11.5. The number of aromatic amines is 1. The summed E-state index contributed by atoms with van der Waals surface area (Å²) in [6.45, 7) is 1.97. The molecule has 1 aromatic heterocycles. The van der Waals surface area contributed by atoms with Crippen molar-refractivity contribution in [2.75, 3.05) is 7.11 Å². The number of nitro groups is 1. The molecule has 10 nitrogen and oxygen atoms in total. The molecule has 0 aliphatic carbocycles. The third kappa shape index (κ3) is 4.51. The highest BCUT2D eigenvalue weighted by Gasteiger charge is 2.19. The summed E-state index contributed by atoms with van der Waals surface area (Å²) in [5.41, 5.74) is -0.408. The molecular formula is C15H16N4O6S. The third-order valence-corrected chi connectivity index (χ3v) is 4.09. The molecular weight excluding hydrogens is 364 g/mol. The summed E-state index contributed by atoms with van der Waals surface area (Å²) in [6.07, 6.45) is 2.62. The number of non-ortho nitro benzene ring substituents is 1. The number of aliphatic carboxylic acids is 1. The second-order valence-electron chi connectivity index (χ2n) is 5.07. The molecule has 0 bridgehead atoms. The first-order chi connectivity index (χ1) is 12.3. The number of rotatable bonds is 8. The van der Waals surface area contributed by atoms with E-state index in [1.807, 2.05) is 6.92 Å². The van der Waals surface area contributed by atoms with Crippen molar-refractivity contribution in [2.45, 2.75) is 24.9 Å². The van der Waals surface area contributed by atoms with Gasteiger partial charge in [0, 0.05) is 18.1 Å². The molecule has 0 spiro atoms. The number of benzene rings is 1. The highest BCUT2D eigenvalue weighted by molar-refractivity contribution is 8.04. The molecule has 11 heteroatoms. The lowest BCUT2D eigenvalue weighted by Gasteiger charge is -2.07. The van der Waals surface area contributed by atoms with Gasteiger partial charge in [-0.3, -0.25) is 15.2 Å². The van der Waals surface area contributed by atoms with Crippen LogP contribution in [0.15, 0.2) is 22.2 Å². The van der Waals surface area contributed by atoms with Crippen molar-refractivity contribution >= 4 is 29.5 Å². The van der Waals surface area contributed by atoms with Crippen LogP contribution in [-0.4, -0.2) is 43.4 Å². The zero-order valence-corrected chi connectivity index (χ0v) is 14.7. The molecule has 1 aromatic carbocycles. The topological polar surface area (TPSA) is 151 Å². The molecule has 0 fully saturated rings. The monoisotopic (exact) mass is 380 g/mol. The van der Waals surface area contributed by atoms with E-state index in [0.29, 0.717) is 12.2 Å². The summed E-state index contributed by atoms with van der Waals surface area (Å²) in [4.78, 5) is 25.8. The Bertz CT molecular complexity index is 864. The van der Waals surface area contributed by atoms with E-state index in [1.165, 1.54) is 7.11 Å². The van der Waals surface area contributed by atoms with Crippen LogP contribution in [0.5, 0.6) is 11.5 Å². The van der Waals surface area contributed by atoms with Crippen molar-refractivity contribution in [3.8, 4) is 11.5 Å². The SMILES string of the molecule is CCCc1nc(S/C(=C/c2cc([N+](=O)[O-])cc(OC)c2O)C(=O)O)n[nH]1. The predicted molar refractivity (Wildman–Crippen MR) is 93.2 cm³/mol. The first-order valence-electron chi connectivity index (χ1n) is 7.45. The zero-order valence-electron chi connectivity index (χ0n) is 13.9. The Morgan fingerprint density at radius 3 is 2.81 bits per heavy atom. The lowest BCUT2D eigenvalue weighted by atomic mass is 10.1. The number of nitrogens with zero attached hydrogens (tertiary/aromatic N) is 3. The van der Waals surface area contributed by atoms with Gasteiger partial charge in [0.25, 0.3) is 5.69 Å². The summed E-state index contributed by atoms with van der Waals surface area (Å²) in [5, 5.41) is 37.4. The average Bonchev–Trinajstić information content (AvgIpc) is 3.03. The van der Waals surface area contributed by atoms with E-state index in [4.69, 9.17) is 4.74 Å². The fourth-order valence-electron chi connectivity index (χ4n) is 2.03. The number of carboxylic acids is 1. The van der Waals surface area contributed by atoms with E-state index in [0.717, 1.165) is 36.4 Å². The van der Waals surface area contributed by atoms with Crippen molar-refractivity contribution in [1.29, 1.82) is 0 Å². The number of carbonyl (C=O) groups is 1. The fourth-order valence-corrected chi connectivity index (χ4v) is 2.75. The molecule has 26 heavy (non-hydrogen) atoms. The smallest absolute Gasteiger partial charge is 0.342 e. The number of phenolic OH excluding ortho intramolecular Hbond substituents is 1. The number of hydrogen-bond donors (Lipinski definition) is 3. The molecule has 0 radical (unpaired) electrons. The molecule has 3 N–H and O–H groups in total. The number of carboxylic acid groups (broad SMARTS) is 1. The van der Waals surface area contributed by atoms with Gasteiger partial charge in [0.2, 0.25) is 5.16 Å². The first-order valence-corrected chi connectivity index (χ1v) is 8.26. The Kier molecular flexibility index (Phi) is 6.17. The molecule has 0 aliphatic heterocycles. The Labute approximate surface area is 152 Å². The van der Waals surface area contributed by atoms with Gasteiger partial charge in [-0.2, -0.15) is 0 Å². The van der Waals surface area contributed by atoms with Crippen molar-refractivity contribution in [1.82, 2.24) is 15.2 Å². The van der Waals surface area contributed by atoms with Gasteiger partial charge in [0.1, 0.15) is 10.7 Å². The highest BCUT2D eigenvalue weighted by Crippen LogP contribution is 2.37. The van der Waals surface area contributed by atoms with Crippen LogP contribution in [-0.2, 0) is 11.2 Å². The summed E-state index contributed by atoms with van der Waals surface area (Å²) < 4.78 is 4.90. The Balaban J connectivity index is 2.42. The summed E-state index contributed by atoms with van der Waals surface area (Å²) in [7, 11) is 1.24. The minimum absolute atomic E-state index is 0.0646. The summed E-state index contributed by atoms with van der Waals surface area (Å²) in [6, 6.07) is 2.11. The number of methoxy groups -OCH3 is 1. The molecule has 0 aliphatic rings. The van der Waals surface area contributed by atoms with Crippen LogP contribution in [0.2, 0.25) is 0 Å². The molecule has 1 heterocycles. The molecule has 0 atom stereocenters. The van der Waals surface area contributed by atoms with Gasteiger partial charge in [-0.15, -0.1) is 5.10 Å². The number of phenols is 1. The van der Waals surface area contributed by atoms with Crippen LogP contribution in [0.4, 0.5) is 5.69 Å². The van der Waals surface area contributed by atoms with Crippen LogP contribution in [0.25, 0.3) is 6.08 Å². The number of nitro benzene ring substituents is 1. The standard InChI is InChI=1S/C15H16N4O6S/c1-3-4-12-16-15(18-17-12)26-11(14(21)22)6-8-5-9(19(23)24)7-10(25-2)13(8)20/h5-7,20H,3-4H2,1-2H3,(H,21,22)(H,16,17,18)/b11-6+. The Morgan fingerprint density at radius 2 is 2.23 bits per heavy atom. The van der Waals surface area contributed by atoms with E-state index in [1.54, 1.807) is 0 Å². The van der Waals surface area contributed by atoms with Crippen LogP contribution in [0, 0.1) is 10.1 Å². The normalized spacial score (nSPS) is 11.4. The van der Waals surface area contributed by atoms with Crippen molar-refractivity contribution in [2.24, 2.45) is 0 Å². The van der Waals surface area contributed by atoms with Gasteiger partial charge in [0.05, 0.1) is 18.1 Å². The number of aromatic nitrogens is 3. The Morgan fingerprint density at radius 1 is 1.50 bits per heavy atom. The number of nitrogens with one attached hydrogen (secondary N) is 1. The number of ether oxygens (including phenoxy) is 1. The molecule has 0 unspecified atom stereocenters. The van der Waals surface area contributed by atoms with Gasteiger partial charge >= 0.3 is 5.97 Å². The van der Waals surface area contributed by atoms with Gasteiger partial charge < -0.3 is 14.9 Å². The predicted octanol–water partition coefficient (Wildman–Crippen LogP) is 2.60. The molecule has 2 rings (SSSR count). The molecule has 138 valence electrons. The number of aryl methyl sites for hydroxylation is 1. The van der Waals surface area contributed by atoms with E-state index < -0.39 is 16.6 Å². The van der Waals surface area contributed by atoms with Gasteiger partial charge in [-0.05, 0) is 24.3 Å². The number of aromatic hydroxyl groups is 1. The Hall–Kier alpha value is -3.08. The van der Waals surface area contributed by atoms with Crippen molar-refractivity contribution < 1.29 is 24.7 Å². The third-order valence-electron chi connectivity index (χ3n) is 3.22. The number of H-pyrrole nitrogens is 1. The molecule has 0 amide bonds. The van der Waals surface area contributed by atoms with Gasteiger partial charge in [0.15, 0.2) is 11.5 Å². The lowest BCUT2D eigenvalue weighted by molar-refractivity contribution is -0.385. The van der Waals surface area contributed by atoms with E-state index in [2.05, 4.69) is 15.2 Å². The van der Waals surface area contributed by atoms with Crippen LogP contribution < -0.4 is 4.74 Å². The van der Waals surface area contributed by atoms with E-state index >= 15 is 0 Å². The summed E-state index contributed by atoms with van der Waals surface area (Å²) in [5.74, 6) is -1.20. The maximum Gasteiger partial charge on any atom is 0.342 e. The van der Waals surface area contributed by atoms with E-state index in [9.17, 15) is 25.1 Å².